The van der Waals surface area contributed by atoms with Crippen molar-refractivity contribution in [1.29, 1.82) is 0 Å². The Bertz CT molecular complexity index is 820. The Morgan fingerprint density at radius 3 is 2.62 bits per heavy atom. The van der Waals surface area contributed by atoms with Gasteiger partial charge in [0.05, 0.1) is 21.3 Å². The summed E-state index contributed by atoms with van der Waals surface area (Å²) in [6.45, 7) is 0. The lowest BCUT2D eigenvalue weighted by atomic mass is 10.3. The van der Waals surface area contributed by atoms with Gasteiger partial charge in [0.1, 0.15) is 11.1 Å². The third kappa shape index (κ3) is 2.70. The summed E-state index contributed by atoms with van der Waals surface area (Å²) < 4.78 is 5.73. The minimum absolute atomic E-state index is 0.304. The number of rotatable bonds is 3. The summed E-state index contributed by atoms with van der Waals surface area (Å²) in [5.74, 6) is 1.03. The molecule has 2 aromatic heterocycles. The van der Waals surface area contributed by atoms with Crippen LogP contribution in [0.15, 0.2) is 18.3 Å². The molecule has 3 aromatic rings. The second kappa shape index (κ2) is 5.55. The third-order valence-electron chi connectivity index (χ3n) is 2.68. The largest absolute Gasteiger partial charge is 0.436 e. The highest BCUT2D eigenvalue weighted by Gasteiger charge is 2.14. The van der Waals surface area contributed by atoms with E-state index in [9.17, 15) is 0 Å². The molecular formula is C12H8Cl3N5O. The van der Waals surface area contributed by atoms with Gasteiger partial charge >= 0.3 is 0 Å². The first kappa shape index (κ1) is 14.2. The number of anilines is 1. The summed E-state index contributed by atoms with van der Waals surface area (Å²) >= 11 is 18.0. The summed E-state index contributed by atoms with van der Waals surface area (Å²) in [7, 11) is 1.70. The molecule has 108 valence electrons. The van der Waals surface area contributed by atoms with Crippen LogP contribution in [0.4, 0.5) is 5.95 Å². The minimum atomic E-state index is 0.304. The van der Waals surface area contributed by atoms with Crippen LogP contribution in [0.2, 0.25) is 15.1 Å². The van der Waals surface area contributed by atoms with Crippen LogP contribution in [0.1, 0.15) is 0 Å². The molecule has 0 saturated heterocycles. The number of aromatic nitrogens is 4. The number of halogens is 3. The Hall–Kier alpha value is -1.76. The fourth-order valence-corrected chi connectivity index (χ4v) is 2.26. The molecule has 1 aromatic carbocycles. The third-order valence-corrected chi connectivity index (χ3v) is 3.70. The lowest BCUT2D eigenvalue weighted by Gasteiger charge is -2.09. The fourth-order valence-electron chi connectivity index (χ4n) is 1.68. The normalized spacial score (nSPS) is 10.9. The van der Waals surface area contributed by atoms with Crippen LogP contribution in [0.5, 0.6) is 11.6 Å². The summed E-state index contributed by atoms with van der Waals surface area (Å²) in [6, 6.07) is 3.03. The maximum Gasteiger partial charge on any atom is 0.235 e. The van der Waals surface area contributed by atoms with Gasteiger partial charge in [-0.1, -0.05) is 34.8 Å². The number of H-pyrrole nitrogens is 1. The highest BCUT2D eigenvalue weighted by atomic mass is 35.5. The Morgan fingerprint density at radius 1 is 1.10 bits per heavy atom. The van der Waals surface area contributed by atoms with Gasteiger partial charge in [0, 0.05) is 13.1 Å². The van der Waals surface area contributed by atoms with Gasteiger partial charge in [-0.3, -0.25) is 5.10 Å². The molecule has 0 saturated carbocycles. The predicted molar refractivity (Wildman–Crippen MR) is 82.8 cm³/mol. The average Bonchev–Trinajstić information content (AvgIpc) is 2.93. The zero-order valence-electron chi connectivity index (χ0n) is 10.6. The molecule has 6 nitrogen and oxygen atoms in total. The summed E-state index contributed by atoms with van der Waals surface area (Å²) in [4.78, 5) is 8.45. The number of hydrogen-bond acceptors (Lipinski definition) is 5. The molecular weight excluding hydrogens is 337 g/mol. The molecule has 0 aliphatic rings. The second-order valence-corrected chi connectivity index (χ2v) is 5.26. The van der Waals surface area contributed by atoms with Crippen molar-refractivity contribution in [3.8, 4) is 11.6 Å². The van der Waals surface area contributed by atoms with Crippen molar-refractivity contribution in [3.05, 3.63) is 33.4 Å². The lowest BCUT2D eigenvalue weighted by molar-refractivity contribution is 0.469. The first-order valence-corrected chi connectivity index (χ1v) is 6.93. The SMILES string of the molecule is CNc1nc(Oc2cc(Cl)c(Cl)cc2Cl)c2cn[nH]c2n1. The van der Waals surface area contributed by atoms with Gasteiger partial charge in [-0.2, -0.15) is 15.1 Å². The highest BCUT2D eigenvalue weighted by molar-refractivity contribution is 6.43. The van der Waals surface area contributed by atoms with E-state index in [-0.39, 0.29) is 0 Å². The fraction of sp³-hybridized carbons (Fsp3) is 0.0833. The molecule has 9 heteroatoms. The van der Waals surface area contributed by atoms with E-state index >= 15 is 0 Å². The van der Waals surface area contributed by atoms with Gasteiger partial charge in [0.15, 0.2) is 5.65 Å². The Morgan fingerprint density at radius 2 is 1.86 bits per heavy atom. The van der Waals surface area contributed by atoms with E-state index in [0.29, 0.717) is 43.7 Å². The number of benzene rings is 1. The molecule has 0 fully saturated rings. The van der Waals surface area contributed by atoms with Crippen LogP contribution in [-0.4, -0.2) is 27.2 Å². The number of nitrogens with zero attached hydrogens (tertiary/aromatic N) is 3. The van der Waals surface area contributed by atoms with Crippen LogP contribution in [0.25, 0.3) is 11.0 Å². The van der Waals surface area contributed by atoms with Crippen molar-refractivity contribution in [3.63, 3.8) is 0 Å². The van der Waals surface area contributed by atoms with Crippen LogP contribution < -0.4 is 10.1 Å². The molecule has 0 aliphatic heterocycles. The van der Waals surface area contributed by atoms with Crippen molar-refractivity contribution >= 4 is 51.8 Å². The van der Waals surface area contributed by atoms with E-state index in [2.05, 4.69) is 25.5 Å². The standard InChI is InChI=1S/C12H8Cl3N5O/c1-16-12-18-10-5(4-17-20-10)11(19-12)21-9-3-7(14)6(13)2-8(9)15/h2-4H,1H3,(H2,16,17,18,19,20). The van der Waals surface area contributed by atoms with Crippen LogP contribution in [0, 0.1) is 0 Å². The summed E-state index contributed by atoms with van der Waals surface area (Å²) in [5, 5.41) is 11.1. The van der Waals surface area contributed by atoms with Crippen molar-refractivity contribution in [2.24, 2.45) is 0 Å². The van der Waals surface area contributed by atoms with Gasteiger partial charge in [0.25, 0.3) is 0 Å². The molecule has 0 amide bonds. The maximum atomic E-state index is 6.10. The van der Waals surface area contributed by atoms with Gasteiger partial charge in [0.2, 0.25) is 11.8 Å². The lowest BCUT2D eigenvalue weighted by Crippen LogP contribution is -1.99. The second-order valence-electron chi connectivity index (χ2n) is 4.03. The number of ether oxygens (including phenoxy) is 1. The van der Waals surface area contributed by atoms with Crippen LogP contribution in [-0.2, 0) is 0 Å². The van der Waals surface area contributed by atoms with Gasteiger partial charge < -0.3 is 10.1 Å². The van der Waals surface area contributed by atoms with Crippen molar-refractivity contribution < 1.29 is 4.74 Å². The van der Waals surface area contributed by atoms with E-state index in [1.54, 1.807) is 13.2 Å². The molecule has 0 spiro atoms. The topological polar surface area (TPSA) is 75.7 Å². The van der Waals surface area contributed by atoms with E-state index in [1.807, 2.05) is 0 Å². The maximum absolute atomic E-state index is 6.10. The molecule has 0 atom stereocenters. The molecule has 3 rings (SSSR count). The smallest absolute Gasteiger partial charge is 0.235 e. The summed E-state index contributed by atoms with van der Waals surface area (Å²) in [5.41, 5.74) is 0.542. The van der Waals surface area contributed by atoms with Gasteiger partial charge in [-0.15, -0.1) is 0 Å². The van der Waals surface area contributed by atoms with Gasteiger partial charge in [-0.05, 0) is 6.07 Å². The Labute approximate surface area is 134 Å². The van der Waals surface area contributed by atoms with Crippen LogP contribution >= 0.6 is 34.8 Å². The van der Waals surface area contributed by atoms with Crippen molar-refractivity contribution in [2.75, 3.05) is 12.4 Å². The molecule has 0 radical (unpaired) electrons. The highest BCUT2D eigenvalue weighted by Crippen LogP contribution is 2.37. The van der Waals surface area contributed by atoms with Crippen molar-refractivity contribution in [1.82, 2.24) is 20.2 Å². The molecule has 0 aliphatic carbocycles. The predicted octanol–water partition coefficient (Wildman–Crippen LogP) is 4.15. The monoisotopic (exact) mass is 343 g/mol. The Balaban J connectivity index is 2.09. The number of nitrogens with one attached hydrogen (secondary N) is 2. The molecule has 2 heterocycles. The van der Waals surface area contributed by atoms with Crippen molar-refractivity contribution in [2.45, 2.75) is 0 Å². The quantitative estimate of drug-likeness (QED) is 0.698. The zero-order valence-corrected chi connectivity index (χ0v) is 12.9. The van der Waals surface area contributed by atoms with Crippen LogP contribution in [0.3, 0.4) is 0 Å². The summed E-state index contributed by atoms with van der Waals surface area (Å²) in [6.07, 6.45) is 1.57. The average molecular weight is 345 g/mol. The van der Waals surface area contributed by atoms with E-state index in [1.165, 1.54) is 12.1 Å². The van der Waals surface area contributed by atoms with Gasteiger partial charge in [-0.25, -0.2) is 0 Å². The first-order valence-electron chi connectivity index (χ1n) is 5.79. The molecule has 21 heavy (non-hydrogen) atoms. The van der Waals surface area contributed by atoms with E-state index < -0.39 is 0 Å². The first-order chi connectivity index (χ1) is 10.1. The number of fused-ring (bicyclic) bond motifs is 1. The van der Waals surface area contributed by atoms with E-state index in [4.69, 9.17) is 39.5 Å². The molecule has 0 unspecified atom stereocenters. The minimum Gasteiger partial charge on any atom is -0.436 e. The number of hydrogen-bond donors (Lipinski definition) is 2. The zero-order chi connectivity index (χ0) is 15.0. The Kier molecular flexibility index (Phi) is 3.75. The van der Waals surface area contributed by atoms with E-state index in [0.717, 1.165) is 0 Å². The molecule has 0 bridgehead atoms. The molecule has 2 N–H and O–H groups in total. The number of aromatic amines is 1.